The average molecular weight is 399 g/mol. The van der Waals surface area contributed by atoms with Gasteiger partial charge >= 0.3 is 0 Å². The molecule has 0 saturated heterocycles. The minimum atomic E-state index is -0.109. The van der Waals surface area contributed by atoms with Gasteiger partial charge in [-0.15, -0.1) is 0 Å². The van der Waals surface area contributed by atoms with Crippen molar-refractivity contribution in [1.82, 2.24) is 10.2 Å². The molecule has 1 N–H and O–H groups in total. The fourth-order valence-corrected chi connectivity index (χ4v) is 3.40. The molecule has 1 unspecified atom stereocenters. The van der Waals surface area contributed by atoms with Crippen LogP contribution in [0.1, 0.15) is 36.7 Å². The number of likely N-dealkylation sites (N-methyl/N-ethyl adjacent to an activating group) is 1. The van der Waals surface area contributed by atoms with E-state index in [0.29, 0.717) is 37.7 Å². The van der Waals surface area contributed by atoms with Crippen LogP contribution in [-0.2, 0) is 11.2 Å². The van der Waals surface area contributed by atoms with Crippen LogP contribution in [0.2, 0.25) is 0 Å². The molecule has 0 aliphatic carbocycles. The summed E-state index contributed by atoms with van der Waals surface area (Å²) in [5, 5.41) is 3.12. The number of carbonyl (C=O) groups excluding carboxylic acids is 1. The van der Waals surface area contributed by atoms with Gasteiger partial charge in [0.1, 0.15) is 12.4 Å². The molecule has 0 radical (unpaired) electrons. The van der Waals surface area contributed by atoms with Gasteiger partial charge < -0.3 is 14.8 Å². The Labute approximate surface area is 175 Å². The van der Waals surface area contributed by atoms with Gasteiger partial charge in [0.25, 0.3) is 5.91 Å². The van der Waals surface area contributed by atoms with Crippen molar-refractivity contribution in [3.05, 3.63) is 65.7 Å². The van der Waals surface area contributed by atoms with Gasteiger partial charge in [0.15, 0.2) is 0 Å². The lowest BCUT2D eigenvalue weighted by Gasteiger charge is -2.30. The van der Waals surface area contributed by atoms with E-state index >= 15 is 0 Å². The molecule has 158 valence electrons. The first-order chi connectivity index (χ1) is 14.2. The Morgan fingerprint density at radius 1 is 0.966 bits per heavy atom. The molecule has 0 aliphatic heterocycles. The quantitative estimate of drug-likeness (QED) is 0.522. The van der Waals surface area contributed by atoms with Gasteiger partial charge in [0.2, 0.25) is 0 Å². The van der Waals surface area contributed by atoms with Gasteiger partial charge in [-0.1, -0.05) is 56.3 Å². The SMILES string of the molecule is CCOCCOc1ccccc1C(=O)NCC(Cc1ccccc1)N(CC)CC. The van der Waals surface area contributed by atoms with Crippen molar-refractivity contribution in [3.63, 3.8) is 0 Å². The zero-order valence-corrected chi connectivity index (χ0v) is 17.9. The minimum Gasteiger partial charge on any atom is -0.490 e. The highest BCUT2D eigenvalue weighted by molar-refractivity contribution is 5.96. The van der Waals surface area contributed by atoms with E-state index in [1.54, 1.807) is 6.07 Å². The summed E-state index contributed by atoms with van der Waals surface area (Å²) >= 11 is 0. The van der Waals surface area contributed by atoms with Crippen LogP contribution in [0.4, 0.5) is 0 Å². The second kappa shape index (κ2) is 13.0. The van der Waals surface area contributed by atoms with Crippen LogP contribution < -0.4 is 10.1 Å². The number of nitrogens with one attached hydrogen (secondary N) is 1. The smallest absolute Gasteiger partial charge is 0.255 e. The van der Waals surface area contributed by atoms with Gasteiger partial charge in [0, 0.05) is 19.2 Å². The summed E-state index contributed by atoms with van der Waals surface area (Å²) in [5.74, 6) is 0.481. The first-order valence-corrected chi connectivity index (χ1v) is 10.5. The maximum atomic E-state index is 12.9. The standard InChI is InChI=1S/C24H34N2O3/c1-4-26(5-2)21(18-20-12-8-7-9-13-20)19-25-24(27)22-14-10-11-15-23(22)29-17-16-28-6-3/h7-15,21H,4-6,16-19H2,1-3H3,(H,25,27). The predicted molar refractivity (Wildman–Crippen MR) is 118 cm³/mol. The number of ether oxygens (including phenoxy) is 2. The molecule has 2 aromatic rings. The molecule has 0 aliphatic rings. The number of hydrogen-bond acceptors (Lipinski definition) is 4. The Kier molecular flexibility index (Phi) is 10.2. The topological polar surface area (TPSA) is 50.8 Å². The highest BCUT2D eigenvalue weighted by Crippen LogP contribution is 2.18. The van der Waals surface area contributed by atoms with Crippen molar-refractivity contribution in [3.8, 4) is 5.75 Å². The van der Waals surface area contributed by atoms with Gasteiger partial charge in [-0.05, 0) is 44.1 Å². The first kappa shape index (κ1) is 22.9. The third-order valence-corrected chi connectivity index (χ3v) is 4.96. The number of hydrogen-bond donors (Lipinski definition) is 1. The second-order valence-electron chi connectivity index (χ2n) is 6.82. The molecule has 1 amide bonds. The largest absolute Gasteiger partial charge is 0.490 e. The van der Waals surface area contributed by atoms with Crippen LogP contribution in [-0.4, -0.2) is 56.3 Å². The van der Waals surface area contributed by atoms with Crippen LogP contribution in [0.3, 0.4) is 0 Å². The molecule has 0 fully saturated rings. The summed E-state index contributed by atoms with van der Waals surface area (Å²) in [7, 11) is 0. The number of benzene rings is 2. The summed E-state index contributed by atoms with van der Waals surface area (Å²) < 4.78 is 11.1. The van der Waals surface area contributed by atoms with Crippen LogP contribution in [0, 0.1) is 0 Å². The number of para-hydroxylation sites is 1. The van der Waals surface area contributed by atoms with E-state index in [1.807, 2.05) is 31.2 Å². The molecule has 5 heteroatoms. The van der Waals surface area contributed by atoms with Gasteiger partial charge in [-0.2, -0.15) is 0 Å². The maximum Gasteiger partial charge on any atom is 0.255 e. The molecule has 0 aromatic heterocycles. The zero-order chi connectivity index (χ0) is 20.9. The Balaban J connectivity index is 2.02. The maximum absolute atomic E-state index is 12.9. The Bertz CT molecular complexity index is 717. The molecule has 5 nitrogen and oxygen atoms in total. The molecule has 2 aromatic carbocycles. The predicted octanol–water partition coefficient (Wildman–Crippen LogP) is 3.78. The summed E-state index contributed by atoms with van der Waals surface area (Å²) in [6, 6.07) is 18.0. The Morgan fingerprint density at radius 3 is 2.34 bits per heavy atom. The highest BCUT2D eigenvalue weighted by atomic mass is 16.5. The van der Waals surface area contributed by atoms with E-state index in [9.17, 15) is 4.79 Å². The summed E-state index contributed by atoms with van der Waals surface area (Å²) in [6.07, 6.45) is 0.898. The van der Waals surface area contributed by atoms with Crippen molar-refractivity contribution in [2.24, 2.45) is 0 Å². The van der Waals surface area contributed by atoms with Crippen LogP contribution >= 0.6 is 0 Å². The number of rotatable bonds is 13. The molecule has 0 spiro atoms. The first-order valence-electron chi connectivity index (χ1n) is 10.5. The highest BCUT2D eigenvalue weighted by Gasteiger charge is 2.19. The molecular formula is C24H34N2O3. The van der Waals surface area contributed by atoms with E-state index < -0.39 is 0 Å². The molecule has 0 heterocycles. The normalized spacial score (nSPS) is 12.0. The third-order valence-electron chi connectivity index (χ3n) is 4.96. The molecule has 1 atom stereocenters. The van der Waals surface area contributed by atoms with Crippen molar-refractivity contribution >= 4 is 5.91 Å². The third kappa shape index (κ3) is 7.52. The minimum absolute atomic E-state index is 0.109. The van der Waals surface area contributed by atoms with E-state index in [2.05, 4.69) is 48.3 Å². The number of carbonyl (C=O) groups is 1. The fraction of sp³-hybridized carbons (Fsp3) is 0.458. The van der Waals surface area contributed by atoms with E-state index in [4.69, 9.17) is 9.47 Å². The van der Waals surface area contributed by atoms with Gasteiger partial charge in [0.05, 0.1) is 12.2 Å². The van der Waals surface area contributed by atoms with E-state index in [0.717, 1.165) is 19.5 Å². The van der Waals surface area contributed by atoms with Crippen molar-refractivity contribution in [2.45, 2.75) is 33.2 Å². The van der Waals surface area contributed by atoms with E-state index in [-0.39, 0.29) is 11.9 Å². The monoisotopic (exact) mass is 398 g/mol. The molecule has 0 saturated carbocycles. The summed E-state index contributed by atoms with van der Waals surface area (Å²) in [6.45, 7) is 10.3. The average Bonchev–Trinajstić information content (AvgIpc) is 2.76. The molecule has 0 bridgehead atoms. The van der Waals surface area contributed by atoms with Crippen molar-refractivity contribution in [1.29, 1.82) is 0 Å². The lowest BCUT2D eigenvalue weighted by atomic mass is 10.0. The molecular weight excluding hydrogens is 364 g/mol. The molecule has 29 heavy (non-hydrogen) atoms. The Morgan fingerprint density at radius 2 is 1.66 bits per heavy atom. The fourth-order valence-electron chi connectivity index (χ4n) is 3.40. The zero-order valence-electron chi connectivity index (χ0n) is 17.9. The van der Waals surface area contributed by atoms with Crippen LogP contribution in [0.5, 0.6) is 5.75 Å². The van der Waals surface area contributed by atoms with Gasteiger partial charge in [-0.25, -0.2) is 0 Å². The van der Waals surface area contributed by atoms with Crippen LogP contribution in [0.15, 0.2) is 54.6 Å². The van der Waals surface area contributed by atoms with Gasteiger partial charge in [-0.3, -0.25) is 9.69 Å². The van der Waals surface area contributed by atoms with Crippen LogP contribution in [0.25, 0.3) is 0 Å². The van der Waals surface area contributed by atoms with E-state index in [1.165, 1.54) is 5.56 Å². The second-order valence-corrected chi connectivity index (χ2v) is 6.82. The molecule has 2 rings (SSSR count). The lowest BCUT2D eigenvalue weighted by Crippen LogP contribution is -2.45. The number of amides is 1. The van der Waals surface area contributed by atoms with Crippen molar-refractivity contribution in [2.75, 3.05) is 39.5 Å². The summed E-state index contributed by atoms with van der Waals surface area (Å²) in [4.78, 5) is 15.3. The lowest BCUT2D eigenvalue weighted by molar-refractivity contribution is 0.0919. The van der Waals surface area contributed by atoms with Crippen molar-refractivity contribution < 1.29 is 14.3 Å². The summed E-state index contributed by atoms with van der Waals surface area (Å²) in [5.41, 5.74) is 1.83. The Hall–Kier alpha value is -2.37. The number of nitrogens with zero attached hydrogens (tertiary/aromatic N) is 1.